The smallest absolute Gasteiger partial charge is 0.375 e. The van der Waals surface area contributed by atoms with Gasteiger partial charge in [-0.3, -0.25) is 4.79 Å². The fraction of sp³-hybridized carbons (Fsp3) is 0.474. The Morgan fingerprint density at radius 3 is 2.72 bits per heavy atom. The quantitative estimate of drug-likeness (QED) is 0.704. The third kappa shape index (κ3) is 5.32. The molecule has 0 aliphatic heterocycles. The van der Waals surface area contributed by atoms with Gasteiger partial charge in [-0.1, -0.05) is 32.0 Å². The van der Waals surface area contributed by atoms with Gasteiger partial charge in [0.25, 0.3) is 5.91 Å². The van der Waals surface area contributed by atoms with E-state index in [9.17, 15) is 9.59 Å². The Morgan fingerprint density at radius 1 is 1.24 bits per heavy atom. The van der Waals surface area contributed by atoms with Crippen LogP contribution >= 0.6 is 0 Å². The number of nitrogens with one attached hydrogen (secondary N) is 1. The largest absolute Gasteiger partial charge is 0.450 e. The van der Waals surface area contributed by atoms with Gasteiger partial charge in [0.2, 0.25) is 5.76 Å². The van der Waals surface area contributed by atoms with Crippen LogP contribution in [-0.4, -0.2) is 31.6 Å². The summed E-state index contributed by atoms with van der Waals surface area (Å²) >= 11 is 0. The summed E-state index contributed by atoms with van der Waals surface area (Å²) in [5, 5.41) is 3.53. The molecular weight excluding hydrogens is 322 g/mol. The van der Waals surface area contributed by atoms with Crippen LogP contribution in [0.1, 0.15) is 43.3 Å². The molecule has 6 heteroatoms. The van der Waals surface area contributed by atoms with Crippen molar-refractivity contribution in [1.82, 2.24) is 5.32 Å². The molecule has 2 rings (SSSR count). The molecule has 0 aliphatic rings. The van der Waals surface area contributed by atoms with Crippen molar-refractivity contribution in [2.45, 2.75) is 33.8 Å². The number of carbonyl (C=O) groups is 2. The van der Waals surface area contributed by atoms with Crippen molar-refractivity contribution in [3.8, 4) is 0 Å². The number of para-hydroxylation sites is 1. The maximum Gasteiger partial charge on any atom is 0.375 e. The summed E-state index contributed by atoms with van der Waals surface area (Å²) in [5.41, 5.74) is 1.23. The Kier molecular flexibility index (Phi) is 7.01. The van der Waals surface area contributed by atoms with Gasteiger partial charge < -0.3 is 19.2 Å². The first kappa shape index (κ1) is 19.0. The molecule has 2 aromatic rings. The second kappa shape index (κ2) is 9.22. The van der Waals surface area contributed by atoms with Crippen LogP contribution in [0.4, 0.5) is 0 Å². The number of hydrogen-bond donors (Lipinski definition) is 1. The summed E-state index contributed by atoms with van der Waals surface area (Å²) in [5.74, 6) is -0.398. The zero-order chi connectivity index (χ0) is 18.2. The summed E-state index contributed by atoms with van der Waals surface area (Å²) in [6.07, 6.45) is 0.877. The number of amides is 1. The van der Waals surface area contributed by atoms with E-state index in [4.69, 9.17) is 13.9 Å². The minimum absolute atomic E-state index is 0.0876. The molecule has 1 amide bonds. The van der Waals surface area contributed by atoms with Crippen molar-refractivity contribution in [3.05, 3.63) is 35.6 Å². The third-order valence-electron chi connectivity index (χ3n) is 3.71. The van der Waals surface area contributed by atoms with Crippen LogP contribution < -0.4 is 5.32 Å². The zero-order valence-electron chi connectivity index (χ0n) is 15.0. The van der Waals surface area contributed by atoms with Gasteiger partial charge >= 0.3 is 5.97 Å². The maximum absolute atomic E-state index is 12.3. The first-order valence-corrected chi connectivity index (χ1v) is 8.54. The number of ether oxygens (including phenoxy) is 2. The highest BCUT2D eigenvalue weighted by atomic mass is 16.5. The molecular formula is C19H25NO5. The molecule has 136 valence electrons. The summed E-state index contributed by atoms with van der Waals surface area (Å²) in [4.78, 5) is 24.1. The van der Waals surface area contributed by atoms with Crippen LogP contribution in [0.25, 0.3) is 11.0 Å². The van der Waals surface area contributed by atoms with Crippen molar-refractivity contribution in [2.24, 2.45) is 5.92 Å². The molecule has 0 bridgehead atoms. The molecule has 0 atom stereocenters. The molecule has 25 heavy (non-hydrogen) atoms. The van der Waals surface area contributed by atoms with Crippen LogP contribution in [0.15, 0.2) is 28.7 Å². The molecule has 6 nitrogen and oxygen atoms in total. The highest BCUT2D eigenvalue weighted by molar-refractivity contribution is 5.96. The average molecular weight is 347 g/mol. The number of fused-ring (bicyclic) bond motifs is 1. The molecule has 0 aliphatic carbocycles. The normalized spacial score (nSPS) is 11.0. The number of esters is 1. The molecule has 1 aromatic carbocycles. The lowest BCUT2D eigenvalue weighted by atomic mass is 10.1. The summed E-state index contributed by atoms with van der Waals surface area (Å²) < 4.78 is 16.1. The Hall–Kier alpha value is -2.34. The predicted molar refractivity (Wildman–Crippen MR) is 94.3 cm³/mol. The fourth-order valence-electron chi connectivity index (χ4n) is 2.36. The molecule has 1 aromatic heterocycles. The van der Waals surface area contributed by atoms with Crippen molar-refractivity contribution in [2.75, 3.05) is 19.8 Å². The Balaban J connectivity index is 2.02. The molecule has 0 radical (unpaired) electrons. The maximum atomic E-state index is 12.3. The first-order valence-electron chi connectivity index (χ1n) is 8.54. The van der Waals surface area contributed by atoms with Crippen LogP contribution in [0.3, 0.4) is 0 Å². The minimum Gasteiger partial charge on any atom is -0.450 e. The lowest BCUT2D eigenvalue weighted by Gasteiger charge is -2.08. The Morgan fingerprint density at radius 2 is 2.00 bits per heavy atom. The lowest BCUT2D eigenvalue weighted by Crippen LogP contribution is -2.30. The molecule has 0 unspecified atom stereocenters. The molecule has 0 fully saturated rings. The van der Waals surface area contributed by atoms with E-state index in [1.165, 1.54) is 0 Å². The molecule has 0 saturated carbocycles. The van der Waals surface area contributed by atoms with Crippen LogP contribution in [0, 0.1) is 5.92 Å². The minimum atomic E-state index is -0.662. The average Bonchev–Trinajstić information content (AvgIpc) is 2.96. The van der Waals surface area contributed by atoms with Crippen molar-refractivity contribution >= 4 is 22.8 Å². The third-order valence-corrected chi connectivity index (χ3v) is 3.71. The van der Waals surface area contributed by atoms with Crippen molar-refractivity contribution in [1.29, 1.82) is 0 Å². The monoisotopic (exact) mass is 347 g/mol. The van der Waals surface area contributed by atoms with Crippen LogP contribution in [-0.2, 0) is 20.9 Å². The van der Waals surface area contributed by atoms with Gasteiger partial charge in [-0.2, -0.15) is 0 Å². The topological polar surface area (TPSA) is 77.8 Å². The molecule has 1 heterocycles. The van der Waals surface area contributed by atoms with Gasteiger partial charge in [0.15, 0.2) is 6.61 Å². The van der Waals surface area contributed by atoms with Crippen molar-refractivity contribution < 1.29 is 23.5 Å². The lowest BCUT2D eigenvalue weighted by molar-refractivity contribution is -0.124. The van der Waals surface area contributed by atoms with Gasteiger partial charge in [-0.25, -0.2) is 4.79 Å². The second-order valence-electron chi connectivity index (χ2n) is 6.15. The number of carbonyl (C=O) groups excluding carboxylic acids is 2. The van der Waals surface area contributed by atoms with Gasteiger partial charge in [-0.15, -0.1) is 0 Å². The van der Waals surface area contributed by atoms with Gasteiger partial charge in [0, 0.05) is 24.1 Å². The van der Waals surface area contributed by atoms with E-state index in [1.807, 2.05) is 25.1 Å². The number of rotatable bonds is 9. The highest BCUT2D eigenvalue weighted by Crippen LogP contribution is 2.27. The zero-order valence-corrected chi connectivity index (χ0v) is 15.0. The Labute approximate surface area is 147 Å². The number of furan rings is 1. The van der Waals surface area contributed by atoms with E-state index in [0.29, 0.717) is 30.2 Å². The van der Waals surface area contributed by atoms with Gasteiger partial charge in [0.05, 0.1) is 6.61 Å². The van der Waals surface area contributed by atoms with Crippen LogP contribution in [0.5, 0.6) is 0 Å². The number of benzene rings is 1. The van der Waals surface area contributed by atoms with E-state index in [-0.39, 0.29) is 24.9 Å². The molecule has 0 spiro atoms. The predicted octanol–water partition coefficient (Wildman–Crippen LogP) is 3.29. The first-order chi connectivity index (χ1) is 12.0. The summed E-state index contributed by atoms with van der Waals surface area (Å²) in [7, 11) is 0. The summed E-state index contributed by atoms with van der Waals surface area (Å²) in [6, 6.07) is 7.33. The van der Waals surface area contributed by atoms with Crippen molar-refractivity contribution in [3.63, 3.8) is 0 Å². The molecule has 1 N–H and O–H groups in total. The summed E-state index contributed by atoms with van der Waals surface area (Å²) in [6.45, 7) is 7.03. The second-order valence-corrected chi connectivity index (χ2v) is 6.15. The van der Waals surface area contributed by atoms with E-state index >= 15 is 0 Å². The standard InChI is InChI=1S/C19H25NO5/c1-4-23-11-15-14-7-5-6-8-16(14)25-18(15)19(22)24-12-17(21)20-10-9-13(2)3/h5-8,13H,4,9-12H2,1-3H3,(H,20,21). The highest BCUT2D eigenvalue weighted by Gasteiger charge is 2.22. The van der Waals surface area contributed by atoms with Crippen LogP contribution in [0.2, 0.25) is 0 Å². The Bertz CT molecular complexity index is 720. The van der Waals surface area contributed by atoms with Gasteiger partial charge in [0.1, 0.15) is 5.58 Å². The fourth-order valence-corrected chi connectivity index (χ4v) is 2.36. The number of hydrogen-bond acceptors (Lipinski definition) is 5. The van der Waals surface area contributed by atoms with E-state index in [2.05, 4.69) is 19.2 Å². The van der Waals surface area contributed by atoms with E-state index in [0.717, 1.165) is 11.8 Å². The molecule has 0 saturated heterocycles. The SMILES string of the molecule is CCOCc1c(C(=O)OCC(=O)NCCC(C)C)oc2ccccc12. The van der Waals surface area contributed by atoms with E-state index in [1.54, 1.807) is 6.07 Å². The van der Waals surface area contributed by atoms with Gasteiger partial charge in [-0.05, 0) is 25.3 Å². The van der Waals surface area contributed by atoms with E-state index < -0.39 is 5.97 Å².